The Morgan fingerprint density at radius 2 is 2.00 bits per heavy atom. The molecule has 2 rings (SSSR count). The summed E-state index contributed by atoms with van der Waals surface area (Å²) in [5, 5.41) is 3.34. The van der Waals surface area contributed by atoms with Crippen LogP contribution in [0.25, 0.3) is 0 Å². The van der Waals surface area contributed by atoms with Crippen LogP contribution in [0.3, 0.4) is 0 Å². The molecule has 0 aromatic heterocycles. The third-order valence-electron chi connectivity index (χ3n) is 3.23. The Morgan fingerprint density at radius 3 is 2.75 bits per heavy atom. The van der Waals surface area contributed by atoms with E-state index in [1.54, 1.807) is 12.1 Å². The molecule has 0 amide bonds. The number of nitrogens with one attached hydrogen (secondary N) is 1. The van der Waals surface area contributed by atoms with Crippen molar-refractivity contribution in [1.82, 2.24) is 0 Å². The van der Waals surface area contributed by atoms with Crippen molar-refractivity contribution in [3.05, 3.63) is 28.5 Å². The minimum Gasteiger partial charge on any atom is -0.384 e. The third kappa shape index (κ3) is 3.21. The van der Waals surface area contributed by atoms with Gasteiger partial charge in [0.05, 0.1) is 5.69 Å². The molecule has 1 aliphatic rings. The molecule has 1 nitrogen and oxygen atoms in total. The molecule has 1 aliphatic carbocycles. The molecular formula is C13H17BrFN. The van der Waals surface area contributed by atoms with E-state index in [0.717, 1.165) is 22.6 Å². The smallest absolute Gasteiger partial charge is 0.125 e. The van der Waals surface area contributed by atoms with Gasteiger partial charge >= 0.3 is 0 Å². The van der Waals surface area contributed by atoms with Crippen molar-refractivity contribution < 1.29 is 4.39 Å². The van der Waals surface area contributed by atoms with Crippen LogP contribution in [-0.4, -0.2) is 6.54 Å². The Morgan fingerprint density at radius 1 is 1.25 bits per heavy atom. The van der Waals surface area contributed by atoms with E-state index in [1.807, 2.05) is 0 Å². The van der Waals surface area contributed by atoms with Gasteiger partial charge in [-0.15, -0.1) is 0 Å². The van der Waals surface area contributed by atoms with E-state index in [2.05, 4.69) is 21.2 Å². The fourth-order valence-electron chi connectivity index (χ4n) is 2.28. The molecule has 1 aromatic rings. The first kappa shape index (κ1) is 11.9. The van der Waals surface area contributed by atoms with Gasteiger partial charge in [-0.25, -0.2) is 4.39 Å². The molecule has 0 radical (unpaired) electrons. The molecular weight excluding hydrogens is 269 g/mol. The summed E-state index contributed by atoms with van der Waals surface area (Å²) in [7, 11) is 0. The molecule has 88 valence electrons. The second kappa shape index (κ2) is 5.67. The molecule has 3 heteroatoms. The van der Waals surface area contributed by atoms with Crippen LogP contribution >= 0.6 is 15.9 Å². The molecule has 0 spiro atoms. The first-order valence-corrected chi connectivity index (χ1v) is 6.74. The number of hydrogen-bond acceptors (Lipinski definition) is 1. The SMILES string of the molecule is Fc1ccc(Br)c(NCC2CCCCC2)c1. The lowest BCUT2D eigenvalue weighted by atomic mass is 9.89. The zero-order chi connectivity index (χ0) is 11.4. The lowest BCUT2D eigenvalue weighted by molar-refractivity contribution is 0.373. The van der Waals surface area contributed by atoms with Crippen LogP contribution in [-0.2, 0) is 0 Å². The van der Waals surface area contributed by atoms with Gasteiger partial charge in [-0.3, -0.25) is 0 Å². The summed E-state index contributed by atoms with van der Waals surface area (Å²) in [4.78, 5) is 0. The predicted octanol–water partition coefficient (Wildman–Crippen LogP) is 4.58. The Labute approximate surface area is 105 Å². The molecule has 0 bridgehead atoms. The Hall–Kier alpha value is -0.570. The maximum Gasteiger partial charge on any atom is 0.125 e. The van der Waals surface area contributed by atoms with Crippen molar-refractivity contribution in [3.8, 4) is 0 Å². The molecule has 0 saturated heterocycles. The van der Waals surface area contributed by atoms with Crippen LogP contribution in [0.15, 0.2) is 22.7 Å². The minimum absolute atomic E-state index is 0.186. The van der Waals surface area contributed by atoms with E-state index in [1.165, 1.54) is 38.2 Å². The molecule has 16 heavy (non-hydrogen) atoms. The number of rotatable bonds is 3. The summed E-state index contributed by atoms with van der Waals surface area (Å²) in [6.45, 7) is 0.960. The largest absolute Gasteiger partial charge is 0.384 e. The quantitative estimate of drug-likeness (QED) is 0.857. The van der Waals surface area contributed by atoms with Gasteiger partial charge in [-0.05, 0) is 52.9 Å². The number of halogens is 2. The molecule has 0 unspecified atom stereocenters. The average Bonchev–Trinajstić information content (AvgIpc) is 2.32. The van der Waals surface area contributed by atoms with Crippen molar-refractivity contribution >= 4 is 21.6 Å². The van der Waals surface area contributed by atoms with Gasteiger partial charge in [0, 0.05) is 11.0 Å². The second-order valence-corrected chi connectivity index (χ2v) is 5.36. The Balaban J connectivity index is 1.90. The zero-order valence-corrected chi connectivity index (χ0v) is 10.9. The molecule has 0 aliphatic heterocycles. The van der Waals surface area contributed by atoms with Crippen LogP contribution in [0.1, 0.15) is 32.1 Å². The zero-order valence-electron chi connectivity index (χ0n) is 9.31. The summed E-state index contributed by atoms with van der Waals surface area (Å²) in [6.07, 6.45) is 6.67. The van der Waals surface area contributed by atoms with Crippen LogP contribution in [0.4, 0.5) is 10.1 Å². The number of hydrogen-bond donors (Lipinski definition) is 1. The summed E-state index contributed by atoms with van der Waals surface area (Å²) in [5.74, 6) is 0.568. The third-order valence-corrected chi connectivity index (χ3v) is 3.93. The van der Waals surface area contributed by atoms with E-state index in [0.29, 0.717) is 0 Å². The standard InChI is InChI=1S/C13H17BrFN/c14-12-7-6-11(15)8-13(12)16-9-10-4-2-1-3-5-10/h6-8,10,16H,1-5,9H2. The van der Waals surface area contributed by atoms with E-state index in [-0.39, 0.29) is 5.82 Å². The minimum atomic E-state index is -0.186. The summed E-state index contributed by atoms with van der Waals surface area (Å²) >= 11 is 3.43. The predicted molar refractivity (Wildman–Crippen MR) is 69.2 cm³/mol. The average molecular weight is 286 g/mol. The molecule has 1 aromatic carbocycles. The normalized spacial score (nSPS) is 17.4. The highest BCUT2D eigenvalue weighted by molar-refractivity contribution is 9.10. The lowest BCUT2D eigenvalue weighted by Gasteiger charge is -2.22. The van der Waals surface area contributed by atoms with Gasteiger partial charge < -0.3 is 5.32 Å². The maximum atomic E-state index is 13.1. The first-order valence-electron chi connectivity index (χ1n) is 5.94. The Kier molecular flexibility index (Phi) is 4.22. The van der Waals surface area contributed by atoms with Crippen LogP contribution in [0, 0.1) is 11.7 Å². The number of benzene rings is 1. The van der Waals surface area contributed by atoms with Crippen molar-refractivity contribution in [2.75, 3.05) is 11.9 Å². The summed E-state index contributed by atoms with van der Waals surface area (Å²) in [6, 6.07) is 4.77. The second-order valence-electron chi connectivity index (χ2n) is 4.51. The van der Waals surface area contributed by atoms with Gasteiger partial charge in [0.1, 0.15) is 5.82 Å². The topological polar surface area (TPSA) is 12.0 Å². The maximum absolute atomic E-state index is 13.1. The van der Waals surface area contributed by atoms with Gasteiger partial charge in [-0.2, -0.15) is 0 Å². The highest BCUT2D eigenvalue weighted by Gasteiger charge is 2.13. The van der Waals surface area contributed by atoms with E-state index in [9.17, 15) is 4.39 Å². The van der Waals surface area contributed by atoms with Crippen molar-refractivity contribution in [3.63, 3.8) is 0 Å². The van der Waals surface area contributed by atoms with Crippen molar-refractivity contribution in [2.45, 2.75) is 32.1 Å². The van der Waals surface area contributed by atoms with Gasteiger partial charge in [0.25, 0.3) is 0 Å². The molecule has 1 saturated carbocycles. The highest BCUT2D eigenvalue weighted by Crippen LogP contribution is 2.27. The molecule has 0 heterocycles. The highest BCUT2D eigenvalue weighted by atomic mass is 79.9. The van der Waals surface area contributed by atoms with Gasteiger partial charge in [0.15, 0.2) is 0 Å². The van der Waals surface area contributed by atoms with Crippen LogP contribution in [0.2, 0.25) is 0 Å². The van der Waals surface area contributed by atoms with E-state index >= 15 is 0 Å². The molecule has 1 fully saturated rings. The first-order chi connectivity index (χ1) is 7.75. The molecule has 0 atom stereocenters. The molecule has 1 N–H and O–H groups in total. The summed E-state index contributed by atoms with van der Waals surface area (Å²) < 4.78 is 14.0. The fraction of sp³-hybridized carbons (Fsp3) is 0.538. The van der Waals surface area contributed by atoms with E-state index < -0.39 is 0 Å². The van der Waals surface area contributed by atoms with Crippen molar-refractivity contribution in [2.24, 2.45) is 5.92 Å². The summed E-state index contributed by atoms with van der Waals surface area (Å²) in [5.41, 5.74) is 0.866. The van der Waals surface area contributed by atoms with Gasteiger partial charge in [-0.1, -0.05) is 19.3 Å². The lowest BCUT2D eigenvalue weighted by Crippen LogP contribution is -2.17. The fourth-order valence-corrected chi connectivity index (χ4v) is 2.67. The van der Waals surface area contributed by atoms with E-state index in [4.69, 9.17) is 0 Å². The number of anilines is 1. The van der Waals surface area contributed by atoms with Crippen LogP contribution < -0.4 is 5.32 Å². The van der Waals surface area contributed by atoms with Crippen LogP contribution in [0.5, 0.6) is 0 Å². The Bertz CT molecular complexity index is 348. The van der Waals surface area contributed by atoms with Crippen molar-refractivity contribution in [1.29, 1.82) is 0 Å². The monoisotopic (exact) mass is 285 g/mol. The van der Waals surface area contributed by atoms with Gasteiger partial charge in [0.2, 0.25) is 0 Å².